The van der Waals surface area contributed by atoms with Crippen molar-refractivity contribution in [2.45, 2.75) is 25.4 Å². The molecule has 0 aliphatic carbocycles. The van der Waals surface area contributed by atoms with E-state index in [1.54, 1.807) is 12.3 Å². The summed E-state index contributed by atoms with van der Waals surface area (Å²) >= 11 is 0. The molecule has 110 valence electrons. The van der Waals surface area contributed by atoms with Crippen LogP contribution in [0.5, 0.6) is 0 Å². The van der Waals surface area contributed by atoms with Crippen LogP contribution in [-0.2, 0) is 11.3 Å². The van der Waals surface area contributed by atoms with Gasteiger partial charge < -0.3 is 9.64 Å². The lowest BCUT2D eigenvalue weighted by Gasteiger charge is -2.25. The Kier molecular flexibility index (Phi) is 5.09. The van der Waals surface area contributed by atoms with Gasteiger partial charge >= 0.3 is 5.97 Å². The summed E-state index contributed by atoms with van der Waals surface area (Å²) in [6.07, 6.45) is 4.15. The number of hydrogen-bond acceptors (Lipinski definition) is 5. The van der Waals surface area contributed by atoms with Gasteiger partial charge in [-0.1, -0.05) is 0 Å². The number of likely N-dealkylation sites (tertiary alicyclic amines) is 1. The standard InChI is InChI=1S/C15H23N3O2/c1-17(11-14-5-4-8-18(14)2)10-13-7-6-12(9-16-13)15(19)20-3/h6-7,9,14H,4-5,8,10-11H2,1-3H3. The van der Waals surface area contributed by atoms with Crippen LogP contribution in [0.15, 0.2) is 18.3 Å². The van der Waals surface area contributed by atoms with Crippen molar-refractivity contribution in [3.63, 3.8) is 0 Å². The van der Waals surface area contributed by atoms with Gasteiger partial charge in [0.1, 0.15) is 0 Å². The number of nitrogens with zero attached hydrogens (tertiary/aromatic N) is 3. The third-order valence-corrected chi connectivity index (χ3v) is 3.87. The quantitative estimate of drug-likeness (QED) is 0.761. The lowest BCUT2D eigenvalue weighted by Crippen LogP contribution is -2.36. The van der Waals surface area contributed by atoms with E-state index in [1.807, 2.05) is 6.07 Å². The third-order valence-electron chi connectivity index (χ3n) is 3.87. The van der Waals surface area contributed by atoms with Crippen LogP contribution in [0, 0.1) is 0 Å². The van der Waals surface area contributed by atoms with Crippen LogP contribution >= 0.6 is 0 Å². The number of methoxy groups -OCH3 is 1. The molecular formula is C15H23N3O2. The number of ether oxygens (including phenoxy) is 1. The van der Waals surface area contributed by atoms with Gasteiger partial charge in [-0.05, 0) is 45.6 Å². The maximum absolute atomic E-state index is 11.3. The topological polar surface area (TPSA) is 45.7 Å². The van der Waals surface area contributed by atoms with Gasteiger partial charge in [-0.15, -0.1) is 0 Å². The molecule has 1 unspecified atom stereocenters. The summed E-state index contributed by atoms with van der Waals surface area (Å²) in [6.45, 7) is 3.05. The minimum atomic E-state index is -0.343. The van der Waals surface area contributed by atoms with Crippen LogP contribution in [0.1, 0.15) is 28.9 Å². The monoisotopic (exact) mass is 277 g/mol. The molecule has 1 saturated heterocycles. The van der Waals surface area contributed by atoms with Crippen molar-refractivity contribution in [1.82, 2.24) is 14.8 Å². The predicted octanol–water partition coefficient (Wildman–Crippen LogP) is 1.39. The number of aromatic nitrogens is 1. The molecule has 0 saturated carbocycles. The molecule has 0 amide bonds. The third kappa shape index (κ3) is 3.77. The van der Waals surface area contributed by atoms with Gasteiger partial charge in [0.15, 0.2) is 0 Å². The molecule has 0 bridgehead atoms. The SMILES string of the molecule is COC(=O)c1ccc(CN(C)CC2CCCN2C)nc1. The van der Waals surface area contributed by atoms with Crippen LogP contribution in [0.2, 0.25) is 0 Å². The minimum absolute atomic E-state index is 0.343. The molecule has 20 heavy (non-hydrogen) atoms. The van der Waals surface area contributed by atoms with Crippen molar-refractivity contribution in [2.24, 2.45) is 0 Å². The lowest BCUT2D eigenvalue weighted by atomic mass is 10.2. The van der Waals surface area contributed by atoms with Crippen LogP contribution < -0.4 is 0 Å². The highest BCUT2D eigenvalue weighted by Crippen LogP contribution is 2.16. The Morgan fingerprint density at radius 1 is 1.55 bits per heavy atom. The van der Waals surface area contributed by atoms with Crippen LogP contribution in [0.25, 0.3) is 0 Å². The first-order valence-corrected chi connectivity index (χ1v) is 7.02. The number of rotatable bonds is 5. The van der Waals surface area contributed by atoms with Crippen molar-refractivity contribution in [1.29, 1.82) is 0 Å². The normalized spacial score (nSPS) is 19.5. The molecule has 1 aromatic rings. The van der Waals surface area contributed by atoms with Crippen LogP contribution in [-0.4, -0.2) is 61.1 Å². The molecule has 0 spiro atoms. The first kappa shape index (κ1) is 14.9. The summed E-state index contributed by atoms with van der Waals surface area (Å²) in [5.74, 6) is -0.343. The van der Waals surface area contributed by atoms with E-state index < -0.39 is 0 Å². The van der Waals surface area contributed by atoms with Crippen molar-refractivity contribution in [2.75, 3.05) is 34.3 Å². The Morgan fingerprint density at radius 3 is 2.90 bits per heavy atom. The highest BCUT2D eigenvalue weighted by molar-refractivity contribution is 5.88. The van der Waals surface area contributed by atoms with Crippen molar-refractivity contribution < 1.29 is 9.53 Å². The zero-order valence-corrected chi connectivity index (χ0v) is 12.5. The second-order valence-electron chi connectivity index (χ2n) is 5.50. The summed E-state index contributed by atoms with van der Waals surface area (Å²) in [5.41, 5.74) is 1.47. The van der Waals surface area contributed by atoms with Gasteiger partial charge in [-0.25, -0.2) is 4.79 Å². The maximum Gasteiger partial charge on any atom is 0.339 e. The van der Waals surface area contributed by atoms with E-state index in [0.29, 0.717) is 11.6 Å². The average Bonchev–Trinajstić information content (AvgIpc) is 2.84. The average molecular weight is 277 g/mol. The molecule has 5 heteroatoms. The zero-order chi connectivity index (χ0) is 14.5. The van der Waals surface area contributed by atoms with Crippen molar-refractivity contribution >= 4 is 5.97 Å². The molecule has 0 radical (unpaired) electrons. The molecular weight excluding hydrogens is 254 g/mol. The number of pyridine rings is 1. The molecule has 1 fully saturated rings. The first-order chi connectivity index (χ1) is 9.60. The Hall–Kier alpha value is -1.46. The number of carbonyl (C=O) groups is 1. The molecule has 2 heterocycles. The molecule has 1 aromatic heterocycles. The Morgan fingerprint density at radius 2 is 2.35 bits per heavy atom. The van der Waals surface area contributed by atoms with E-state index in [9.17, 15) is 4.79 Å². The molecule has 0 N–H and O–H groups in total. The Balaban J connectivity index is 1.87. The molecule has 5 nitrogen and oxygen atoms in total. The van der Waals surface area contributed by atoms with Gasteiger partial charge in [0.05, 0.1) is 18.4 Å². The summed E-state index contributed by atoms with van der Waals surface area (Å²) in [7, 11) is 5.68. The first-order valence-electron chi connectivity index (χ1n) is 7.02. The second-order valence-corrected chi connectivity index (χ2v) is 5.50. The minimum Gasteiger partial charge on any atom is -0.465 e. The Bertz CT molecular complexity index is 447. The predicted molar refractivity (Wildman–Crippen MR) is 77.6 cm³/mol. The number of hydrogen-bond donors (Lipinski definition) is 0. The molecule has 2 rings (SSSR count). The van der Waals surface area contributed by atoms with E-state index in [1.165, 1.54) is 26.5 Å². The van der Waals surface area contributed by atoms with Gasteiger partial charge in [-0.3, -0.25) is 9.88 Å². The highest BCUT2D eigenvalue weighted by atomic mass is 16.5. The lowest BCUT2D eigenvalue weighted by molar-refractivity contribution is 0.0600. The molecule has 0 aromatic carbocycles. The van der Waals surface area contributed by atoms with Gasteiger partial charge in [0, 0.05) is 25.3 Å². The fourth-order valence-electron chi connectivity index (χ4n) is 2.67. The number of likely N-dealkylation sites (N-methyl/N-ethyl adjacent to an activating group) is 2. The largest absolute Gasteiger partial charge is 0.465 e. The Labute approximate surface area is 120 Å². The summed E-state index contributed by atoms with van der Waals surface area (Å²) in [5, 5.41) is 0. The summed E-state index contributed by atoms with van der Waals surface area (Å²) < 4.78 is 4.66. The van der Waals surface area contributed by atoms with Crippen molar-refractivity contribution in [3.8, 4) is 0 Å². The van der Waals surface area contributed by atoms with Gasteiger partial charge in [-0.2, -0.15) is 0 Å². The molecule has 1 aliphatic heterocycles. The van der Waals surface area contributed by atoms with E-state index in [0.717, 1.165) is 18.8 Å². The fraction of sp³-hybridized carbons (Fsp3) is 0.600. The molecule has 1 atom stereocenters. The highest BCUT2D eigenvalue weighted by Gasteiger charge is 2.22. The van der Waals surface area contributed by atoms with Crippen molar-refractivity contribution in [3.05, 3.63) is 29.6 Å². The summed E-state index contributed by atoms with van der Waals surface area (Å²) in [6, 6.07) is 4.31. The van der Waals surface area contributed by atoms with Crippen LogP contribution in [0.3, 0.4) is 0 Å². The van der Waals surface area contributed by atoms with Crippen LogP contribution in [0.4, 0.5) is 0 Å². The summed E-state index contributed by atoms with van der Waals surface area (Å²) in [4.78, 5) is 20.4. The fourth-order valence-corrected chi connectivity index (χ4v) is 2.67. The van der Waals surface area contributed by atoms with E-state index in [2.05, 4.69) is 33.6 Å². The number of carbonyl (C=O) groups excluding carboxylic acids is 1. The van der Waals surface area contributed by atoms with Gasteiger partial charge in [0.25, 0.3) is 0 Å². The smallest absolute Gasteiger partial charge is 0.339 e. The van der Waals surface area contributed by atoms with E-state index in [4.69, 9.17) is 0 Å². The number of esters is 1. The molecule has 1 aliphatic rings. The van der Waals surface area contributed by atoms with E-state index in [-0.39, 0.29) is 5.97 Å². The maximum atomic E-state index is 11.3. The second kappa shape index (κ2) is 6.81. The zero-order valence-electron chi connectivity index (χ0n) is 12.5. The van der Waals surface area contributed by atoms with Gasteiger partial charge in [0.2, 0.25) is 0 Å². The van der Waals surface area contributed by atoms with E-state index >= 15 is 0 Å².